The lowest BCUT2D eigenvalue weighted by molar-refractivity contribution is 0.0520. The predicted molar refractivity (Wildman–Crippen MR) is 102 cm³/mol. The molecule has 0 unspecified atom stereocenters. The summed E-state index contributed by atoms with van der Waals surface area (Å²) in [5.41, 5.74) is 2.99. The maximum atomic E-state index is 12.4. The summed E-state index contributed by atoms with van der Waals surface area (Å²) in [7, 11) is 0. The Kier molecular flexibility index (Phi) is 4.20. The third kappa shape index (κ3) is 3.03. The summed E-state index contributed by atoms with van der Waals surface area (Å²) in [6.45, 7) is 2.64. The number of aromatic amines is 1. The third-order valence-electron chi connectivity index (χ3n) is 5.83. The second kappa shape index (κ2) is 6.84. The molecule has 0 spiro atoms. The fourth-order valence-electron chi connectivity index (χ4n) is 4.34. The number of rotatable bonds is 2. The van der Waals surface area contributed by atoms with Crippen molar-refractivity contribution in [3.05, 3.63) is 24.8 Å². The number of carbonyl (C=O) groups excluding carboxylic acids is 1. The number of carbonyl (C=O) groups is 1. The molecule has 0 atom stereocenters. The SMILES string of the molecule is O=C(NC1CCC(n2cnc3cnc4[nH]ccc4c32)CC1)N1CCOCC1. The molecule has 142 valence electrons. The van der Waals surface area contributed by atoms with Gasteiger partial charge in [0, 0.05) is 36.8 Å². The minimum atomic E-state index is 0.0509. The summed E-state index contributed by atoms with van der Waals surface area (Å²) in [6, 6.07) is 2.78. The maximum absolute atomic E-state index is 12.4. The summed E-state index contributed by atoms with van der Waals surface area (Å²) in [6.07, 6.45) is 9.74. The molecule has 2 aliphatic rings. The van der Waals surface area contributed by atoms with E-state index in [1.807, 2.05) is 23.6 Å². The molecule has 1 saturated carbocycles. The highest BCUT2D eigenvalue weighted by molar-refractivity contribution is 6.00. The van der Waals surface area contributed by atoms with E-state index >= 15 is 0 Å². The van der Waals surface area contributed by atoms with Crippen LogP contribution in [0.25, 0.3) is 22.1 Å². The Labute approximate surface area is 156 Å². The van der Waals surface area contributed by atoms with E-state index in [2.05, 4.69) is 30.9 Å². The number of aromatic nitrogens is 4. The number of H-pyrrole nitrogens is 1. The third-order valence-corrected chi connectivity index (χ3v) is 5.83. The standard InChI is InChI=1S/C19H24N6O2/c26-19(24-7-9-27-10-8-24)23-13-1-3-14(4-2-13)25-12-22-16-11-21-18-15(17(16)25)5-6-20-18/h5-6,11-14H,1-4,7-10H2,(H,20,21)(H,23,26). The first-order chi connectivity index (χ1) is 13.3. The molecule has 1 saturated heterocycles. The molecule has 0 radical (unpaired) electrons. The van der Waals surface area contributed by atoms with Gasteiger partial charge < -0.3 is 24.5 Å². The Morgan fingerprint density at radius 3 is 2.81 bits per heavy atom. The molecule has 0 aromatic carbocycles. The predicted octanol–water partition coefficient (Wildman–Crippen LogP) is 2.44. The normalized spacial score (nSPS) is 23.8. The summed E-state index contributed by atoms with van der Waals surface area (Å²) in [5, 5.41) is 4.33. The van der Waals surface area contributed by atoms with Gasteiger partial charge in [0.05, 0.1) is 31.3 Å². The summed E-state index contributed by atoms with van der Waals surface area (Å²) >= 11 is 0. The second-order valence-corrected chi connectivity index (χ2v) is 7.44. The van der Waals surface area contributed by atoms with E-state index in [9.17, 15) is 4.79 Å². The molecule has 1 aliphatic carbocycles. The Bertz CT molecular complexity index is 950. The average molecular weight is 368 g/mol. The van der Waals surface area contributed by atoms with Crippen LogP contribution in [-0.2, 0) is 4.74 Å². The van der Waals surface area contributed by atoms with Crippen LogP contribution in [0.2, 0.25) is 0 Å². The van der Waals surface area contributed by atoms with Crippen LogP contribution in [0.5, 0.6) is 0 Å². The number of urea groups is 1. The number of pyridine rings is 1. The van der Waals surface area contributed by atoms with Gasteiger partial charge in [0.25, 0.3) is 0 Å². The van der Waals surface area contributed by atoms with Crippen molar-refractivity contribution in [1.82, 2.24) is 29.7 Å². The van der Waals surface area contributed by atoms with Gasteiger partial charge in [-0.3, -0.25) is 0 Å². The number of hydrogen-bond donors (Lipinski definition) is 2. The Morgan fingerprint density at radius 1 is 1.19 bits per heavy atom. The number of fused-ring (bicyclic) bond motifs is 3. The lowest BCUT2D eigenvalue weighted by atomic mass is 9.91. The first-order valence-electron chi connectivity index (χ1n) is 9.71. The molecule has 2 fully saturated rings. The van der Waals surface area contributed by atoms with Crippen LogP contribution in [0.3, 0.4) is 0 Å². The molecule has 8 nitrogen and oxygen atoms in total. The van der Waals surface area contributed by atoms with Crippen LogP contribution in [0, 0.1) is 0 Å². The first-order valence-corrected chi connectivity index (χ1v) is 9.71. The van der Waals surface area contributed by atoms with Crippen LogP contribution in [0.1, 0.15) is 31.7 Å². The number of ether oxygens (including phenoxy) is 1. The van der Waals surface area contributed by atoms with Gasteiger partial charge in [-0.1, -0.05) is 0 Å². The highest BCUT2D eigenvalue weighted by Gasteiger charge is 2.27. The van der Waals surface area contributed by atoms with Crippen LogP contribution in [0.4, 0.5) is 4.79 Å². The zero-order chi connectivity index (χ0) is 18.2. The molecular weight excluding hydrogens is 344 g/mol. The Hall–Kier alpha value is -2.61. The topological polar surface area (TPSA) is 88.1 Å². The number of nitrogens with zero attached hydrogens (tertiary/aromatic N) is 4. The molecular formula is C19H24N6O2. The minimum absolute atomic E-state index is 0.0509. The van der Waals surface area contributed by atoms with Gasteiger partial charge in [0.15, 0.2) is 0 Å². The Balaban J connectivity index is 1.27. The van der Waals surface area contributed by atoms with Gasteiger partial charge in [0.2, 0.25) is 0 Å². The summed E-state index contributed by atoms with van der Waals surface area (Å²) < 4.78 is 7.62. The fraction of sp³-hybridized carbons (Fsp3) is 0.526. The van der Waals surface area contributed by atoms with Crippen molar-refractivity contribution in [3.63, 3.8) is 0 Å². The molecule has 1 aliphatic heterocycles. The van der Waals surface area contributed by atoms with Crippen LogP contribution in [0.15, 0.2) is 24.8 Å². The van der Waals surface area contributed by atoms with Crippen molar-refractivity contribution >= 4 is 28.1 Å². The molecule has 0 bridgehead atoms. The molecule has 3 aromatic rings. The molecule has 27 heavy (non-hydrogen) atoms. The van der Waals surface area contributed by atoms with Gasteiger partial charge in [-0.15, -0.1) is 0 Å². The van der Waals surface area contributed by atoms with Crippen LogP contribution >= 0.6 is 0 Å². The molecule has 4 heterocycles. The zero-order valence-corrected chi connectivity index (χ0v) is 15.2. The van der Waals surface area contributed by atoms with Crippen molar-refractivity contribution < 1.29 is 9.53 Å². The van der Waals surface area contributed by atoms with E-state index in [0.29, 0.717) is 32.3 Å². The van der Waals surface area contributed by atoms with Crippen LogP contribution < -0.4 is 5.32 Å². The second-order valence-electron chi connectivity index (χ2n) is 7.44. The van der Waals surface area contributed by atoms with Crippen molar-refractivity contribution in [3.8, 4) is 0 Å². The average Bonchev–Trinajstić information content (AvgIpc) is 3.35. The van der Waals surface area contributed by atoms with Crippen molar-refractivity contribution in [2.45, 2.75) is 37.8 Å². The molecule has 2 N–H and O–H groups in total. The van der Waals surface area contributed by atoms with Crippen molar-refractivity contribution in [2.75, 3.05) is 26.3 Å². The van der Waals surface area contributed by atoms with Gasteiger partial charge in [-0.2, -0.15) is 0 Å². The van der Waals surface area contributed by atoms with E-state index in [-0.39, 0.29) is 12.1 Å². The smallest absolute Gasteiger partial charge is 0.317 e. The largest absolute Gasteiger partial charge is 0.378 e. The van der Waals surface area contributed by atoms with E-state index in [4.69, 9.17) is 4.74 Å². The molecule has 8 heteroatoms. The lowest BCUT2D eigenvalue weighted by Gasteiger charge is -2.33. The number of nitrogens with one attached hydrogen (secondary N) is 2. The van der Waals surface area contributed by atoms with Crippen molar-refractivity contribution in [2.24, 2.45) is 0 Å². The quantitative estimate of drug-likeness (QED) is 0.727. The van der Waals surface area contributed by atoms with Crippen LogP contribution in [-0.4, -0.2) is 62.8 Å². The van der Waals surface area contributed by atoms with E-state index in [1.165, 1.54) is 0 Å². The zero-order valence-electron chi connectivity index (χ0n) is 15.2. The van der Waals surface area contributed by atoms with E-state index in [0.717, 1.165) is 47.8 Å². The summed E-state index contributed by atoms with van der Waals surface area (Å²) in [5.74, 6) is 0. The monoisotopic (exact) mass is 368 g/mol. The maximum Gasteiger partial charge on any atom is 0.317 e. The minimum Gasteiger partial charge on any atom is -0.378 e. The molecule has 2 amide bonds. The number of imidazole rings is 1. The number of morpholine rings is 1. The Morgan fingerprint density at radius 2 is 2.00 bits per heavy atom. The van der Waals surface area contributed by atoms with Gasteiger partial charge in [-0.25, -0.2) is 14.8 Å². The van der Waals surface area contributed by atoms with E-state index < -0.39 is 0 Å². The van der Waals surface area contributed by atoms with Crippen molar-refractivity contribution in [1.29, 1.82) is 0 Å². The number of hydrogen-bond acceptors (Lipinski definition) is 4. The fourth-order valence-corrected chi connectivity index (χ4v) is 4.34. The van der Waals surface area contributed by atoms with E-state index in [1.54, 1.807) is 0 Å². The number of amides is 2. The first kappa shape index (κ1) is 16.6. The molecule has 3 aromatic heterocycles. The van der Waals surface area contributed by atoms with Gasteiger partial charge in [0.1, 0.15) is 11.2 Å². The summed E-state index contributed by atoms with van der Waals surface area (Å²) in [4.78, 5) is 26.4. The van der Waals surface area contributed by atoms with Gasteiger partial charge >= 0.3 is 6.03 Å². The highest BCUT2D eigenvalue weighted by atomic mass is 16.5. The lowest BCUT2D eigenvalue weighted by Crippen LogP contribution is -2.49. The highest BCUT2D eigenvalue weighted by Crippen LogP contribution is 2.33. The van der Waals surface area contributed by atoms with Gasteiger partial charge in [-0.05, 0) is 31.7 Å². The molecule has 5 rings (SSSR count).